The molecule has 0 saturated carbocycles. The van der Waals surface area contributed by atoms with Crippen LogP contribution in [0.5, 0.6) is 0 Å². The lowest BCUT2D eigenvalue weighted by atomic mass is 10.1. The molecule has 0 aliphatic rings. The van der Waals surface area contributed by atoms with Crippen LogP contribution in [0.15, 0.2) is 77.6 Å². The van der Waals surface area contributed by atoms with Crippen LogP contribution in [0.3, 0.4) is 0 Å². The highest BCUT2D eigenvalue weighted by molar-refractivity contribution is 6.02. The molecule has 0 bridgehead atoms. The molecule has 0 saturated heterocycles. The Morgan fingerprint density at radius 1 is 0.806 bits per heavy atom. The first-order valence-corrected chi connectivity index (χ1v) is 10.5. The molecule has 3 aromatic heterocycles. The van der Waals surface area contributed by atoms with Gasteiger partial charge >= 0.3 is 0 Å². The standard InChI is InChI=1S/C26H20N4O/c1-3-29-20-10-6-4-8-18(20)23(31)22-25(29)28-24(17-14-12-16(2)13-15-17)30-21-11-7-5-9-19(21)27-26(22)30/h4-15H,3H2,1-2H3. The molecule has 3 heterocycles. The Morgan fingerprint density at radius 3 is 2.29 bits per heavy atom. The molecular formula is C26H20N4O. The first-order valence-electron chi connectivity index (χ1n) is 10.5. The molecule has 5 heteroatoms. The molecular weight excluding hydrogens is 384 g/mol. The second-order valence-electron chi connectivity index (χ2n) is 7.85. The van der Waals surface area contributed by atoms with Crippen molar-refractivity contribution in [3.8, 4) is 11.4 Å². The van der Waals surface area contributed by atoms with Gasteiger partial charge in [0.15, 0.2) is 11.3 Å². The number of benzene rings is 3. The predicted octanol–water partition coefficient (Wildman–Crippen LogP) is 5.35. The molecule has 6 rings (SSSR count). The van der Waals surface area contributed by atoms with E-state index in [-0.39, 0.29) is 5.43 Å². The number of hydrogen-bond acceptors (Lipinski definition) is 3. The molecule has 5 nitrogen and oxygen atoms in total. The highest BCUT2D eigenvalue weighted by Gasteiger charge is 2.20. The maximum Gasteiger partial charge on any atom is 0.202 e. The second-order valence-corrected chi connectivity index (χ2v) is 7.85. The van der Waals surface area contributed by atoms with Crippen molar-refractivity contribution in [1.29, 1.82) is 0 Å². The van der Waals surface area contributed by atoms with Gasteiger partial charge in [0.25, 0.3) is 0 Å². The van der Waals surface area contributed by atoms with Crippen LogP contribution in [-0.4, -0.2) is 18.9 Å². The van der Waals surface area contributed by atoms with Crippen LogP contribution in [0.25, 0.3) is 50.0 Å². The summed E-state index contributed by atoms with van der Waals surface area (Å²) >= 11 is 0. The van der Waals surface area contributed by atoms with Gasteiger partial charge in [-0.2, -0.15) is 0 Å². The van der Waals surface area contributed by atoms with Gasteiger partial charge in [-0.1, -0.05) is 54.1 Å². The van der Waals surface area contributed by atoms with Crippen molar-refractivity contribution in [1.82, 2.24) is 18.9 Å². The van der Waals surface area contributed by atoms with Crippen molar-refractivity contribution < 1.29 is 0 Å². The lowest BCUT2D eigenvalue weighted by molar-refractivity contribution is 0.808. The number of aromatic nitrogens is 4. The third kappa shape index (κ3) is 2.46. The van der Waals surface area contributed by atoms with E-state index in [1.54, 1.807) is 0 Å². The summed E-state index contributed by atoms with van der Waals surface area (Å²) in [6.07, 6.45) is 0. The Balaban J connectivity index is 1.93. The number of aryl methyl sites for hydroxylation is 2. The summed E-state index contributed by atoms with van der Waals surface area (Å²) in [6, 6.07) is 24.0. The Kier molecular flexibility index (Phi) is 3.74. The maximum atomic E-state index is 13.6. The van der Waals surface area contributed by atoms with Gasteiger partial charge in [0, 0.05) is 17.5 Å². The smallest absolute Gasteiger partial charge is 0.202 e. The first kappa shape index (κ1) is 17.8. The summed E-state index contributed by atoms with van der Waals surface area (Å²) in [4.78, 5) is 23.6. The Morgan fingerprint density at radius 2 is 1.52 bits per heavy atom. The molecule has 31 heavy (non-hydrogen) atoms. The Labute approximate surface area is 178 Å². The van der Waals surface area contributed by atoms with Crippen molar-refractivity contribution >= 4 is 38.6 Å². The van der Waals surface area contributed by atoms with Gasteiger partial charge in [0.05, 0.1) is 16.6 Å². The third-order valence-electron chi connectivity index (χ3n) is 5.98. The van der Waals surface area contributed by atoms with Crippen molar-refractivity contribution in [2.24, 2.45) is 0 Å². The molecule has 3 aromatic carbocycles. The van der Waals surface area contributed by atoms with Crippen molar-refractivity contribution in [3.05, 3.63) is 88.6 Å². The maximum absolute atomic E-state index is 13.6. The van der Waals surface area contributed by atoms with Gasteiger partial charge in [0.1, 0.15) is 11.2 Å². The minimum absolute atomic E-state index is 0.0291. The molecule has 0 atom stereocenters. The number of hydrogen-bond donors (Lipinski definition) is 0. The molecule has 0 unspecified atom stereocenters. The highest BCUT2D eigenvalue weighted by atomic mass is 16.1. The summed E-state index contributed by atoms with van der Waals surface area (Å²) in [6.45, 7) is 4.85. The van der Waals surface area contributed by atoms with Crippen LogP contribution in [-0.2, 0) is 6.54 Å². The second kappa shape index (κ2) is 6.51. The Hall–Kier alpha value is -3.99. The van der Waals surface area contributed by atoms with Crippen LogP contribution >= 0.6 is 0 Å². The number of nitrogens with zero attached hydrogens (tertiary/aromatic N) is 4. The quantitative estimate of drug-likeness (QED) is 0.366. The summed E-state index contributed by atoms with van der Waals surface area (Å²) in [5, 5.41) is 1.25. The number of imidazole rings is 1. The van der Waals surface area contributed by atoms with E-state index in [1.807, 2.05) is 52.9 Å². The van der Waals surface area contributed by atoms with Gasteiger partial charge in [-0.05, 0) is 38.1 Å². The molecule has 0 aliphatic carbocycles. The Bertz CT molecular complexity index is 1690. The highest BCUT2D eigenvalue weighted by Crippen LogP contribution is 2.30. The third-order valence-corrected chi connectivity index (χ3v) is 5.98. The van der Waals surface area contributed by atoms with Gasteiger partial charge in [-0.3, -0.25) is 9.20 Å². The SMILES string of the molecule is CCn1c2ccccc2c(=O)c2c1nc(-c1ccc(C)cc1)n1c3ccccc3nc21. The van der Waals surface area contributed by atoms with Crippen molar-refractivity contribution in [2.75, 3.05) is 0 Å². The van der Waals surface area contributed by atoms with E-state index >= 15 is 0 Å². The number of para-hydroxylation sites is 3. The van der Waals surface area contributed by atoms with Crippen LogP contribution in [0.4, 0.5) is 0 Å². The zero-order chi connectivity index (χ0) is 21.1. The topological polar surface area (TPSA) is 52.2 Å². The van der Waals surface area contributed by atoms with Crippen LogP contribution in [0.1, 0.15) is 12.5 Å². The molecule has 0 spiro atoms. The van der Waals surface area contributed by atoms with Gasteiger partial charge < -0.3 is 4.57 Å². The van der Waals surface area contributed by atoms with Crippen LogP contribution in [0.2, 0.25) is 0 Å². The monoisotopic (exact) mass is 404 g/mol. The van der Waals surface area contributed by atoms with E-state index < -0.39 is 0 Å². The van der Waals surface area contributed by atoms with E-state index in [1.165, 1.54) is 5.56 Å². The van der Waals surface area contributed by atoms with Gasteiger partial charge in [-0.15, -0.1) is 0 Å². The van der Waals surface area contributed by atoms with Gasteiger partial charge in [0.2, 0.25) is 5.43 Å². The average molecular weight is 404 g/mol. The van der Waals surface area contributed by atoms with Crippen molar-refractivity contribution in [3.63, 3.8) is 0 Å². The number of fused-ring (bicyclic) bond motifs is 6. The molecule has 6 aromatic rings. The first-order chi connectivity index (χ1) is 15.2. The lowest BCUT2D eigenvalue weighted by Gasteiger charge is -2.15. The normalized spacial score (nSPS) is 11.8. The van der Waals surface area contributed by atoms with Crippen molar-refractivity contribution in [2.45, 2.75) is 20.4 Å². The summed E-state index contributed by atoms with van der Waals surface area (Å²) in [7, 11) is 0. The fraction of sp³-hybridized carbons (Fsp3) is 0.115. The lowest BCUT2D eigenvalue weighted by Crippen LogP contribution is -2.14. The predicted molar refractivity (Wildman–Crippen MR) is 126 cm³/mol. The van der Waals surface area contributed by atoms with Crippen LogP contribution < -0.4 is 5.43 Å². The number of rotatable bonds is 2. The van der Waals surface area contributed by atoms with E-state index in [0.717, 1.165) is 27.9 Å². The molecule has 0 N–H and O–H groups in total. The minimum atomic E-state index is -0.0291. The van der Waals surface area contributed by atoms with E-state index in [2.05, 4.69) is 42.7 Å². The summed E-state index contributed by atoms with van der Waals surface area (Å²) in [5.41, 5.74) is 6.16. The minimum Gasteiger partial charge on any atom is -0.325 e. The fourth-order valence-corrected chi connectivity index (χ4v) is 4.48. The summed E-state index contributed by atoms with van der Waals surface area (Å²) in [5.74, 6) is 0.785. The van der Waals surface area contributed by atoms with E-state index in [9.17, 15) is 4.79 Å². The van der Waals surface area contributed by atoms with E-state index in [0.29, 0.717) is 28.6 Å². The average Bonchev–Trinajstić information content (AvgIpc) is 3.19. The zero-order valence-corrected chi connectivity index (χ0v) is 17.3. The summed E-state index contributed by atoms with van der Waals surface area (Å²) < 4.78 is 4.14. The van der Waals surface area contributed by atoms with Crippen LogP contribution in [0, 0.1) is 6.92 Å². The molecule has 0 radical (unpaired) electrons. The molecule has 0 fully saturated rings. The van der Waals surface area contributed by atoms with Gasteiger partial charge in [-0.25, -0.2) is 9.97 Å². The van der Waals surface area contributed by atoms with E-state index in [4.69, 9.17) is 9.97 Å². The largest absolute Gasteiger partial charge is 0.325 e. The fourth-order valence-electron chi connectivity index (χ4n) is 4.48. The molecule has 0 aliphatic heterocycles. The zero-order valence-electron chi connectivity index (χ0n) is 17.3. The number of pyridine rings is 1. The molecule has 150 valence electrons. The molecule has 0 amide bonds.